The summed E-state index contributed by atoms with van der Waals surface area (Å²) in [5.74, 6) is 1.22. The van der Waals surface area contributed by atoms with Crippen LogP contribution in [0.4, 0.5) is 4.39 Å². The number of aliphatic imine (C=N–C) groups is 1. The lowest BCUT2D eigenvalue weighted by atomic mass is 10.0. The molecule has 1 aliphatic heterocycles. The molecular weight excluding hydrogens is 496 g/mol. The molecule has 6 nitrogen and oxygen atoms in total. The zero-order valence-corrected chi connectivity index (χ0v) is 21.4. The number of hydrogen-bond acceptors (Lipinski definition) is 4. The number of morpholine rings is 1. The maximum Gasteiger partial charge on any atom is 0.191 e. The molecule has 1 heterocycles. The van der Waals surface area contributed by atoms with Crippen molar-refractivity contribution in [3.8, 4) is 0 Å². The lowest BCUT2D eigenvalue weighted by Crippen LogP contribution is -2.51. The van der Waals surface area contributed by atoms with Gasteiger partial charge in [0.2, 0.25) is 0 Å². The maximum atomic E-state index is 13.3. The van der Waals surface area contributed by atoms with Gasteiger partial charge in [-0.3, -0.25) is 9.89 Å². The van der Waals surface area contributed by atoms with Gasteiger partial charge in [0.15, 0.2) is 5.96 Å². The van der Waals surface area contributed by atoms with Crippen molar-refractivity contribution in [3.05, 3.63) is 35.6 Å². The highest BCUT2D eigenvalue weighted by Gasteiger charge is 2.22. The van der Waals surface area contributed by atoms with E-state index in [0.29, 0.717) is 18.5 Å². The number of guanidine groups is 1. The van der Waals surface area contributed by atoms with Gasteiger partial charge in [-0.1, -0.05) is 26.0 Å². The fourth-order valence-electron chi connectivity index (χ4n) is 3.76. The van der Waals surface area contributed by atoms with Crippen LogP contribution in [0.3, 0.4) is 0 Å². The molecule has 1 saturated heterocycles. The van der Waals surface area contributed by atoms with E-state index in [9.17, 15) is 4.39 Å². The minimum absolute atomic E-state index is 0. The number of nitrogens with zero attached hydrogens (tertiary/aromatic N) is 3. The molecular formula is C22H39FIN5O. The van der Waals surface area contributed by atoms with E-state index in [1.165, 1.54) is 12.1 Å². The second kappa shape index (κ2) is 14.2. The maximum absolute atomic E-state index is 13.3. The van der Waals surface area contributed by atoms with Gasteiger partial charge in [0.05, 0.1) is 19.3 Å². The van der Waals surface area contributed by atoms with Crippen molar-refractivity contribution in [3.63, 3.8) is 0 Å². The van der Waals surface area contributed by atoms with Crippen LogP contribution in [-0.4, -0.2) is 82.3 Å². The Bertz CT molecular complexity index is 620. The quantitative estimate of drug-likeness (QED) is 0.290. The molecule has 2 atom stereocenters. The summed E-state index contributed by atoms with van der Waals surface area (Å²) in [6, 6.07) is 7.29. The first kappa shape index (κ1) is 27.1. The second-order valence-electron chi connectivity index (χ2n) is 8.30. The summed E-state index contributed by atoms with van der Waals surface area (Å²) in [7, 11) is 5.86. The van der Waals surface area contributed by atoms with Gasteiger partial charge in [0.25, 0.3) is 0 Å². The van der Waals surface area contributed by atoms with E-state index in [4.69, 9.17) is 4.74 Å². The number of halogens is 2. The Morgan fingerprint density at radius 3 is 2.27 bits per heavy atom. The molecule has 0 saturated carbocycles. The van der Waals surface area contributed by atoms with E-state index in [2.05, 4.69) is 39.3 Å². The summed E-state index contributed by atoms with van der Waals surface area (Å²) in [5, 5.41) is 6.94. The van der Waals surface area contributed by atoms with Gasteiger partial charge in [0.1, 0.15) is 5.82 Å². The van der Waals surface area contributed by atoms with Crippen LogP contribution in [0.2, 0.25) is 0 Å². The van der Waals surface area contributed by atoms with E-state index in [-0.39, 0.29) is 35.8 Å². The third-order valence-electron chi connectivity index (χ3n) is 5.38. The monoisotopic (exact) mass is 535 g/mol. The lowest BCUT2D eigenvalue weighted by molar-refractivity contribution is 0.0132. The van der Waals surface area contributed by atoms with Crippen LogP contribution in [0.1, 0.15) is 31.9 Å². The van der Waals surface area contributed by atoms with Crippen molar-refractivity contribution in [2.45, 2.75) is 32.4 Å². The van der Waals surface area contributed by atoms with E-state index in [1.54, 1.807) is 7.05 Å². The Kier molecular flexibility index (Phi) is 12.8. The molecule has 2 N–H and O–H groups in total. The van der Waals surface area contributed by atoms with Gasteiger partial charge in [-0.25, -0.2) is 4.39 Å². The molecule has 0 aliphatic carbocycles. The smallest absolute Gasteiger partial charge is 0.191 e. The standard InChI is InChI=1S/C22H38FN5O.HI/c1-17(2)14-20(28-10-12-29-13-11-28)15-25-22(24-3)26-16-21(27(4)5)18-6-8-19(23)9-7-18;/h6-9,17,20-21H,10-16H2,1-5H3,(H2,24,25,26);1H. The Balaban J connectivity index is 0.00000450. The van der Waals surface area contributed by atoms with Crippen LogP contribution >= 0.6 is 24.0 Å². The molecule has 2 unspecified atom stereocenters. The lowest BCUT2D eigenvalue weighted by Gasteiger charge is -2.36. The number of hydrogen-bond donors (Lipinski definition) is 2. The topological polar surface area (TPSA) is 52.1 Å². The number of rotatable bonds is 9. The van der Waals surface area contributed by atoms with Crippen molar-refractivity contribution >= 4 is 29.9 Å². The van der Waals surface area contributed by atoms with Crippen molar-refractivity contribution in [2.75, 3.05) is 60.5 Å². The molecule has 8 heteroatoms. The third kappa shape index (κ3) is 9.03. The fraction of sp³-hybridized carbons (Fsp3) is 0.682. The van der Waals surface area contributed by atoms with Crippen LogP contribution in [0.25, 0.3) is 0 Å². The average molecular weight is 535 g/mol. The number of nitrogens with one attached hydrogen (secondary N) is 2. The van der Waals surface area contributed by atoms with Crippen LogP contribution in [0.15, 0.2) is 29.3 Å². The highest BCUT2D eigenvalue weighted by atomic mass is 127. The van der Waals surface area contributed by atoms with Crippen LogP contribution in [0, 0.1) is 11.7 Å². The highest BCUT2D eigenvalue weighted by Crippen LogP contribution is 2.18. The largest absolute Gasteiger partial charge is 0.379 e. The Labute approximate surface area is 198 Å². The van der Waals surface area contributed by atoms with Gasteiger partial charge in [0, 0.05) is 39.3 Å². The predicted octanol–water partition coefficient (Wildman–Crippen LogP) is 2.96. The normalized spacial score (nSPS) is 17.5. The van der Waals surface area contributed by atoms with Crippen molar-refractivity contribution < 1.29 is 9.13 Å². The summed E-state index contributed by atoms with van der Waals surface area (Å²) in [4.78, 5) is 9.04. The van der Waals surface area contributed by atoms with Crippen LogP contribution < -0.4 is 10.6 Å². The molecule has 2 rings (SSSR count). The Morgan fingerprint density at radius 2 is 1.73 bits per heavy atom. The third-order valence-corrected chi connectivity index (χ3v) is 5.38. The number of likely N-dealkylation sites (N-methyl/N-ethyl adjacent to an activating group) is 1. The summed E-state index contributed by atoms with van der Waals surface area (Å²) < 4.78 is 18.8. The highest BCUT2D eigenvalue weighted by molar-refractivity contribution is 14.0. The van der Waals surface area contributed by atoms with Crippen LogP contribution in [0.5, 0.6) is 0 Å². The first-order valence-electron chi connectivity index (χ1n) is 10.6. The van der Waals surface area contributed by atoms with Gasteiger partial charge in [-0.15, -0.1) is 24.0 Å². The van der Waals surface area contributed by atoms with E-state index >= 15 is 0 Å². The summed E-state index contributed by atoms with van der Waals surface area (Å²) >= 11 is 0. The first-order chi connectivity index (χ1) is 13.9. The SMILES string of the molecule is CN=C(NCC(c1ccc(F)cc1)N(C)C)NCC(CC(C)C)N1CCOCC1.I. The zero-order chi connectivity index (χ0) is 21.2. The molecule has 0 aromatic heterocycles. The average Bonchev–Trinajstić information content (AvgIpc) is 2.70. The summed E-state index contributed by atoms with van der Waals surface area (Å²) in [6.45, 7) is 9.66. The van der Waals surface area contributed by atoms with Crippen molar-refractivity contribution in [2.24, 2.45) is 10.9 Å². The minimum atomic E-state index is -0.212. The fourth-order valence-corrected chi connectivity index (χ4v) is 3.76. The Morgan fingerprint density at radius 1 is 1.13 bits per heavy atom. The molecule has 1 aliphatic rings. The molecule has 1 fully saturated rings. The minimum Gasteiger partial charge on any atom is -0.379 e. The molecule has 0 bridgehead atoms. The van der Waals surface area contributed by atoms with Crippen molar-refractivity contribution in [1.29, 1.82) is 0 Å². The summed E-state index contributed by atoms with van der Waals surface area (Å²) in [6.07, 6.45) is 1.14. The second-order valence-corrected chi connectivity index (χ2v) is 8.30. The zero-order valence-electron chi connectivity index (χ0n) is 19.0. The van der Waals surface area contributed by atoms with Gasteiger partial charge < -0.3 is 20.3 Å². The summed E-state index contributed by atoms with van der Waals surface area (Å²) in [5.41, 5.74) is 1.07. The van der Waals surface area contributed by atoms with Crippen LogP contribution in [-0.2, 0) is 4.74 Å². The van der Waals surface area contributed by atoms with Gasteiger partial charge >= 0.3 is 0 Å². The molecule has 1 aromatic carbocycles. The van der Waals surface area contributed by atoms with E-state index in [1.807, 2.05) is 26.2 Å². The number of ether oxygens (including phenoxy) is 1. The molecule has 0 spiro atoms. The molecule has 30 heavy (non-hydrogen) atoms. The predicted molar refractivity (Wildman–Crippen MR) is 133 cm³/mol. The van der Waals surface area contributed by atoms with Gasteiger partial charge in [-0.05, 0) is 44.1 Å². The van der Waals surface area contributed by atoms with E-state index in [0.717, 1.165) is 50.8 Å². The number of benzene rings is 1. The molecule has 1 aromatic rings. The molecule has 0 amide bonds. The van der Waals surface area contributed by atoms with Gasteiger partial charge in [-0.2, -0.15) is 0 Å². The van der Waals surface area contributed by atoms with Crippen molar-refractivity contribution in [1.82, 2.24) is 20.4 Å². The first-order valence-corrected chi connectivity index (χ1v) is 10.6. The Hall–Kier alpha value is -0.970. The molecule has 172 valence electrons. The molecule has 0 radical (unpaired) electrons. The van der Waals surface area contributed by atoms with E-state index < -0.39 is 0 Å².